The van der Waals surface area contributed by atoms with Gasteiger partial charge in [-0.2, -0.15) is 0 Å². The Balaban J connectivity index is 2.16. The highest BCUT2D eigenvalue weighted by Crippen LogP contribution is 2.72. The molecular formula is C8H10O. The first-order valence-corrected chi connectivity index (χ1v) is 3.67. The Morgan fingerprint density at radius 3 is 2.44 bits per heavy atom. The fraction of sp³-hybridized carbons (Fsp3) is 0.750. The first kappa shape index (κ1) is 4.51. The van der Waals surface area contributed by atoms with E-state index in [2.05, 4.69) is 6.58 Å². The fourth-order valence-electron chi connectivity index (χ4n) is 3.01. The molecule has 0 saturated heterocycles. The van der Waals surface area contributed by atoms with E-state index in [9.17, 15) is 5.11 Å². The third-order valence-corrected chi connectivity index (χ3v) is 3.47. The van der Waals surface area contributed by atoms with E-state index in [1.54, 1.807) is 0 Å². The molecular weight excluding hydrogens is 112 g/mol. The minimum absolute atomic E-state index is 0.00694. The minimum atomic E-state index is 0.00694. The molecule has 5 atom stereocenters. The van der Waals surface area contributed by atoms with E-state index in [0.29, 0.717) is 11.8 Å². The van der Waals surface area contributed by atoms with Crippen LogP contribution in [0.25, 0.3) is 0 Å². The second kappa shape index (κ2) is 0.988. The normalized spacial score (nSPS) is 67.2. The van der Waals surface area contributed by atoms with E-state index in [1.807, 2.05) is 0 Å². The Labute approximate surface area is 54.4 Å². The van der Waals surface area contributed by atoms with Crippen molar-refractivity contribution < 1.29 is 5.11 Å². The van der Waals surface area contributed by atoms with Crippen LogP contribution in [0.4, 0.5) is 0 Å². The Kier molecular flexibility index (Phi) is 0.495. The van der Waals surface area contributed by atoms with Gasteiger partial charge in [-0.15, -0.1) is 0 Å². The van der Waals surface area contributed by atoms with Gasteiger partial charge in [0.2, 0.25) is 0 Å². The van der Waals surface area contributed by atoms with Crippen LogP contribution < -0.4 is 0 Å². The monoisotopic (exact) mass is 122 g/mol. The summed E-state index contributed by atoms with van der Waals surface area (Å²) in [6.07, 6.45) is 1.25. The average molecular weight is 122 g/mol. The molecule has 48 valence electrons. The lowest BCUT2D eigenvalue weighted by Gasteiger charge is -2.05. The molecule has 4 saturated carbocycles. The van der Waals surface area contributed by atoms with Crippen LogP contribution in [0.15, 0.2) is 12.2 Å². The highest BCUT2D eigenvalue weighted by molar-refractivity contribution is 5.36. The van der Waals surface area contributed by atoms with Crippen LogP contribution in [-0.2, 0) is 0 Å². The largest absolute Gasteiger partial charge is 0.392 e. The standard InChI is InChI=1S/C8H10O/c1-3-4-2-5-6(3)7(5)8(4)9/h4-9H,1-2H2. The van der Waals surface area contributed by atoms with Crippen molar-refractivity contribution in [2.45, 2.75) is 12.5 Å². The van der Waals surface area contributed by atoms with Gasteiger partial charge >= 0.3 is 0 Å². The topological polar surface area (TPSA) is 20.2 Å². The molecule has 0 aromatic carbocycles. The second-order valence-electron chi connectivity index (χ2n) is 3.67. The third kappa shape index (κ3) is 0.284. The summed E-state index contributed by atoms with van der Waals surface area (Å²) in [6.45, 7) is 3.99. The first-order chi connectivity index (χ1) is 4.30. The molecule has 4 aliphatic carbocycles. The molecule has 4 bridgehead atoms. The van der Waals surface area contributed by atoms with Crippen LogP contribution in [0.3, 0.4) is 0 Å². The van der Waals surface area contributed by atoms with Crippen LogP contribution in [0.5, 0.6) is 0 Å². The molecule has 4 fully saturated rings. The summed E-state index contributed by atoms with van der Waals surface area (Å²) in [4.78, 5) is 0. The van der Waals surface area contributed by atoms with Crippen molar-refractivity contribution >= 4 is 0 Å². The zero-order valence-corrected chi connectivity index (χ0v) is 5.25. The third-order valence-electron chi connectivity index (χ3n) is 3.47. The zero-order chi connectivity index (χ0) is 6.17. The number of aliphatic hydroxyl groups is 1. The quantitative estimate of drug-likeness (QED) is 0.471. The molecule has 0 aromatic heterocycles. The van der Waals surface area contributed by atoms with Crippen molar-refractivity contribution in [1.29, 1.82) is 0 Å². The van der Waals surface area contributed by atoms with Crippen molar-refractivity contribution in [1.82, 2.24) is 0 Å². The van der Waals surface area contributed by atoms with Gasteiger partial charge in [0, 0.05) is 5.92 Å². The molecule has 5 unspecified atom stereocenters. The van der Waals surface area contributed by atoms with Gasteiger partial charge < -0.3 is 5.11 Å². The van der Waals surface area contributed by atoms with Crippen LogP contribution in [0, 0.1) is 23.7 Å². The molecule has 1 N–H and O–H groups in total. The summed E-state index contributed by atoms with van der Waals surface area (Å²) in [7, 11) is 0. The number of aliphatic hydroxyl groups excluding tert-OH is 1. The molecule has 0 aromatic rings. The van der Waals surface area contributed by atoms with E-state index in [1.165, 1.54) is 12.0 Å². The second-order valence-corrected chi connectivity index (χ2v) is 3.67. The van der Waals surface area contributed by atoms with Gasteiger partial charge in [0.25, 0.3) is 0 Å². The summed E-state index contributed by atoms with van der Waals surface area (Å²) in [5, 5.41) is 9.46. The Hall–Kier alpha value is -0.300. The SMILES string of the molecule is C=C1C2CC3C1C3C2O. The van der Waals surface area contributed by atoms with Crippen molar-refractivity contribution in [2.24, 2.45) is 23.7 Å². The Morgan fingerprint density at radius 2 is 2.33 bits per heavy atom. The molecule has 0 aliphatic heterocycles. The van der Waals surface area contributed by atoms with Crippen molar-refractivity contribution in [3.05, 3.63) is 12.2 Å². The minimum Gasteiger partial charge on any atom is -0.392 e. The van der Waals surface area contributed by atoms with Crippen molar-refractivity contribution in [2.75, 3.05) is 0 Å². The van der Waals surface area contributed by atoms with Crippen molar-refractivity contribution in [3.8, 4) is 0 Å². The Bertz CT molecular complexity index is 197. The van der Waals surface area contributed by atoms with E-state index >= 15 is 0 Å². The molecule has 1 heteroatoms. The van der Waals surface area contributed by atoms with Gasteiger partial charge in [0.15, 0.2) is 0 Å². The van der Waals surface area contributed by atoms with Gasteiger partial charge in [-0.3, -0.25) is 0 Å². The van der Waals surface area contributed by atoms with E-state index < -0.39 is 0 Å². The maximum absolute atomic E-state index is 9.46. The summed E-state index contributed by atoms with van der Waals surface area (Å²) in [6, 6.07) is 0. The molecule has 0 spiro atoms. The van der Waals surface area contributed by atoms with Crippen LogP contribution in [0.1, 0.15) is 6.42 Å². The van der Waals surface area contributed by atoms with Gasteiger partial charge in [-0.1, -0.05) is 12.2 Å². The van der Waals surface area contributed by atoms with Gasteiger partial charge in [-0.05, 0) is 24.2 Å². The summed E-state index contributed by atoms with van der Waals surface area (Å²) in [5.41, 5.74) is 1.36. The fourth-order valence-corrected chi connectivity index (χ4v) is 3.01. The van der Waals surface area contributed by atoms with Crippen LogP contribution >= 0.6 is 0 Å². The number of hydrogen-bond donors (Lipinski definition) is 1. The van der Waals surface area contributed by atoms with E-state index in [4.69, 9.17) is 0 Å². The van der Waals surface area contributed by atoms with Crippen LogP contribution in [-0.4, -0.2) is 11.2 Å². The lowest BCUT2D eigenvalue weighted by Crippen LogP contribution is -2.10. The summed E-state index contributed by atoms with van der Waals surface area (Å²) < 4.78 is 0. The predicted molar refractivity (Wildman–Crippen MR) is 33.7 cm³/mol. The lowest BCUT2D eigenvalue weighted by molar-refractivity contribution is 0.143. The maximum atomic E-state index is 9.46. The maximum Gasteiger partial charge on any atom is 0.0642 e. The predicted octanol–water partition coefficient (Wildman–Crippen LogP) is 0.799. The summed E-state index contributed by atoms with van der Waals surface area (Å²) in [5.74, 6) is 2.77. The van der Waals surface area contributed by atoms with Gasteiger partial charge in [0.05, 0.1) is 6.10 Å². The van der Waals surface area contributed by atoms with Crippen LogP contribution in [0.2, 0.25) is 0 Å². The average Bonchev–Trinajstić information content (AvgIpc) is 2.18. The molecule has 0 heterocycles. The number of hydrogen-bond acceptors (Lipinski definition) is 1. The molecule has 0 radical (unpaired) electrons. The highest BCUT2D eigenvalue weighted by Gasteiger charge is 2.70. The first-order valence-electron chi connectivity index (χ1n) is 3.67. The summed E-state index contributed by atoms with van der Waals surface area (Å²) >= 11 is 0. The molecule has 9 heavy (non-hydrogen) atoms. The van der Waals surface area contributed by atoms with Gasteiger partial charge in [-0.25, -0.2) is 0 Å². The lowest BCUT2D eigenvalue weighted by atomic mass is 10.1. The van der Waals surface area contributed by atoms with E-state index in [0.717, 1.165) is 11.8 Å². The Morgan fingerprint density at radius 1 is 1.56 bits per heavy atom. The number of rotatable bonds is 0. The molecule has 0 amide bonds. The smallest absolute Gasteiger partial charge is 0.0642 e. The molecule has 1 nitrogen and oxygen atoms in total. The zero-order valence-electron chi connectivity index (χ0n) is 5.25. The molecule has 4 aliphatic rings. The van der Waals surface area contributed by atoms with Crippen molar-refractivity contribution in [3.63, 3.8) is 0 Å². The molecule has 4 rings (SSSR count). The van der Waals surface area contributed by atoms with Gasteiger partial charge in [0.1, 0.15) is 0 Å². The highest BCUT2D eigenvalue weighted by atomic mass is 16.3. The van der Waals surface area contributed by atoms with E-state index in [-0.39, 0.29) is 6.10 Å².